The van der Waals surface area contributed by atoms with Crippen molar-refractivity contribution in [2.45, 2.75) is 18.9 Å². The number of aromatic carboxylic acids is 1. The number of anilines is 1. The third kappa shape index (κ3) is 4.12. The highest BCUT2D eigenvalue weighted by Gasteiger charge is 2.31. The number of fused-ring (bicyclic) bond motifs is 1. The number of nitrogens with zero attached hydrogens (tertiary/aromatic N) is 5. The van der Waals surface area contributed by atoms with Crippen molar-refractivity contribution in [3.05, 3.63) is 74.2 Å². The maximum absolute atomic E-state index is 14.7. The van der Waals surface area contributed by atoms with Gasteiger partial charge in [-0.15, -0.1) is 11.3 Å². The van der Waals surface area contributed by atoms with Gasteiger partial charge in [0.05, 0.1) is 22.3 Å². The van der Waals surface area contributed by atoms with E-state index in [9.17, 15) is 14.0 Å². The van der Waals surface area contributed by atoms with E-state index >= 15 is 0 Å². The second-order valence-corrected chi connectivity index (χ2v) is 9.43. The molecule has 1 aromatic carbocycles. The van der Waals surface area contributed by atoms with E-state index in [1.807, 2.05) is 0 Å². The number of aromatic nitrogens is 4. The molecule has 5 rings (SSSR count). The minimum atomic E-state index is -1.10. The van der Waals surface area contributed by atoms with Gasteiger partial charge in [0, 0.05) is 23.1 Å². The molecule has 0 saturated heterocycles. The van der Waals surface area contributed by atoms with Gasteiger partial charge in [-0.1, -0.05) is 11.6 Å². The fraction of sp³-hybridized carbons (Fsp3) is 0.136. The number of halogens is 2. The fourth-order valence-corrected chi connectivity index (χ4v) is 5.18. The lowest BCUT2D eigenvalue weighted by molar-refractivity contribution is 0.0702. The second-order valence-electron chi connectivity index (χ2n) is 7.91. The molecule has 14 heteroatoms. The molecule has 0 saturated carbocycles. The molecule has 3 aromatic heterocycles. The number of aryl methyl sites for hydroxylation is 1. The summed E-state index contributed by atoms with van der Waals surface area (Å²) >= 11 is 7.10. The molecule has 1 unspecified atom stereocenters. The number of benzene rings is 1. The summed E-state index contributed by atoms with van der Waals surface area (Å²) in [4.78, 5) is 36.5. The van der Waals surface area contributed by atoms with Crippen LogP contribution in [-0.4, -0.2) is 36.9 Å². The van der Waals surface area contributed by atoms with E-state index in [0.29, 0.717) is 45.5 Å². The number of hydrogen-bond acceptors (Lipinski definition) is 8. The van der Waals surface area contributed by atoms with Gasteiger partial charge < -0.3 is 15.9 Å². The number of carboxylic acids is 1. The average Bonchev–Trinajstić information content (AvgIpc) is 3.57. The number of H-pyrrole nitrogens is 1. The van der Waals surface area contributed by atoms with Gasteiger partial charge in [-0.2, -0.15) is 9.49 Å². The molecule has 1 atom stereocenters. The highest BCUT2D eigenvalue weighted by atomic mass is 35.5. The van der Waals surface area contributed by atoms with Crippen molar-refractivity contribution in [1.82, 2.24) is 19.5 Å². The van der Waals surface area contributed by atoms with E-state index < -0.39 is 18.0 Å². The van der Waals surface area contributed by atoms with Crippen molar-refractivity contribution in [3.63, 3.8) is 0 Å². The number of nitrogens with one attached hydrogen (secondary N) is 1. The zero-order valence-electron chi connectivity index (χ0n) is 18.4. The molecule has 0 amide bonds. The second kappa shape index (κ2) is 9.18. The molecule has 0 radical (unpaired) electrons. The summed E-state index contributed by atoms with van der Waals surface area (Å²) in [7, 11) is 0. The first-order valence-electron chi connectivity index (χ1n) is 10.6. The number of rotatable bonds is 6. The average molecular weight is 529 g/mol. The molecule has 0 bridgehead atoms. The SMILES string of the molecule is N/N=C\N(N)c1ccc(Cl)cc1-c1cc(=O)n2c(n1)CCC2c1nc(-c2ccc(C(=O)O)s2)c(F)[nH]1. The lowest BCUT2D eigenvalue weighted by Gasteiger charge is -2.18. The number of hydrogen-bond donors (Lipinski definition) is 4. The number of imidazole rings is 1. The fourth-order valence-electron chi connectivity index (χ4n) is 4.18. The normalized spacial score (nSPS) is 14.9. The predicted molar refractivity (Wildman–Crippen MR) is 134 cm³/mol. The first kappa shape index (κ1) is 23.7. The molecule has 11 nitrogen and oxygen atoms in total. The molecular weight excluding hydrogens is 511 g/mol. The number of aromatic amines is 1. The Morgan fingerprint density at radius 3 is 2.86 bits per heavy atom. The Labute approximate surface area is 211 Å². The topological polar surface area (TPSA) is 169 Å². The van der Waals surface area contributed by atoms with Gasteiger partial charge >= 0.3 is 5.97 Å². The smallest absolute Gasteiger partial charge is 0.345 e. The standard InChI is InChI=1S/C22H18ClFN8O3S/c23-10-1-2-13(31(26)9-27-25)11(7-10)12-8-18(33)32-14(3-6-17(32)28-12)21-29-19(20(24)30-21)15-4-5-16(36-15)22(34)35/h1-2,4-5,7-9,14H,3,6,25-26H2,(H,29,30)(H,34,35)/b27-9-. The molecule has 4 aromatic rings. The van der Waals surface area contributed by atoms with Gasteiger partial charge in [0.15, 0.2) is 0 Å². The van der Waals surface area contributed by atoms with Gasteiger partial charge in [-0.05, 0) is 36.8 Å². The van der Waals surface area contributed by atoms with Gasteiger partial charge in [0.2, 0.25) is 5.95 Å². The number of nitrogens with two attached hydrogens (primary N) is 2. The summed E-state index contributed by atoms with van der Waals surface area (Å²) in [5.74, 6) is 10.1. The van der Waals surface area contributed by atoms with E-state index in [4.69, 9.17) is 28.4 Å². The van der Waals surface area contributed by atoms with Gasteiger partial charge in [0.1, 0.15) is 28.6 Å². The van der Waals surface area contributed by atoms with Crippen LogP contribution in [0.4, 0.5) is 10.1 Å². The Morgan fingerprint density at radius 1 is 1.33 bits per heavy atom. The maximum atomic E-state index is 14.7. The van der Waals surface area contributed by atoms with Crippen LogP contribution < -0.4 is 22.3 Å². The van der Waals surface area contributed by atoms with Crippen LogP contribution in [0.5, 0.6) is 0 Å². The van der Waals surface area contributed by atoms with Crippen molar-refractivity contribution in [3.8, 4) is 21.8 Å². The van der Waals surface area contributed by atoms with E-state index in [1.165, 1.54) is 34.1 Å². The molecule has 36 heavy (non-hydrogen) atoms. The van der Waals surface area contributed by atoms with E-state index in [1.54, 1.807) is 18.2 Å². The number of carboxylic acid groups (broad SMARTS) is 1. The summed E-state index contributed by atoms with van der Waals surface area (Å²) in [6, 6.07) is 8.60. The van der Waals surface area contributed by atoms with Crippen molar-refractivity contribution in [1.29, 1.82) is 0 Å². The lowest BCUT2D eigenvalue weighted by atomic mass is 10.1. The minimum absolute atomic E-state index is 0.00162. The quantitative estimate of drug-likeness (QED) is 0.128. The highest BCUT2D eigenvalue weighted by Crippen LogP contribution is 2.35. The molecule has 184 valence electrons. The van der Waals surface area contributed by atoms with E-state index in [0.717, 1.165) is 11.3 Å². The molecule has 1 aliphatic heterocycles. The van der Waals surface area contributed by atoms with Crippen LogP contribution in [0.3, 0.4) is 0 Å². The molecule has 0 spiro atoms. The first-order valence-corrected chi connectivity index (χ1v) is 11.7. The van der Waals surface area contributed by atoms with Crippen molar-refractivity contribution < 1.29 is 14.3 Å². The monoisotopic (exact) mass is 528 g/mol. The molecule has 4 heterocycles. The first-order chi connectivity index (χ1) is 17.3. The number of hydrazine groups is 1. The third-order valence-corrected chi connectivity index (χ3v) is 7.04. The van der Waals surface area contributed by atoms with Crippen LogP contribution >= 0.6 is 22.9 Å². The van der Waals surface area contributed by atoms with Crippen LogP contribution in [-0.2, 0) is 6.42 Å². The zero-order chi connectivity index (χ0) is 25.6. The molecule has 6 N–H and O–H groups in total. The Balaban J connectivity index is 1.53. The predicted octanol–water partition coefficient (Wildman–Crippen LogP) is 2.97. The van der Waals surface area contributed by atoms with Crippen LogP contribution in [0.25, 0.3) is 21.8 Å². The largest absolute Gasteiger partial charge is 0.477 e. The van der Waals surface area contributed by atoms with Crippen LogP contribution in [0, 0.1) is 5.95 Å². The minimum Gasteiger partial charge on any atom is -0.477 e. The Kier molecular flexibility index (Phi) is 6.04. The highest BCUT2D eigenvalue weighted by molar-refractivity contribution is 7.17. The summed E-state index contributed by atoms with van der Waals surface area (Å²) in [6.45, 7) is 0. The van der Waals surface area contributed by atoms with E-state index in [2.05, 4.69) is 20.1 Å². The number of thiophene rings is 1. The van der Waals surface area contributed by atoms with Gasteiger partial charge in [-0.3, -0.25) is 14.4 Å². The van der Waals surface area contributed by atoms with Crippen LogP contribution in [0.15, 0.2) is 46.3 Å². The zero-order valence-corrected chi connectivity index (χ0v) is 19.9. The number of hydrazone groups is 1. The van der Waals surface area contributed by atoms with E-state index in [-0.39, 0.29) is 22.0 Å². The van der Waals surface area contributed by atoms with Crippen molar-refractivity contribution >= 4 is 40.9 Å². The maximum Gasteiger partial charge on any atom is 0.345 e. The van der Waals surface area contributed by atoms with Gasteiger partial charge in [0.25, 0.3) is 5.56 Å². The summed E-state index contributed by atoms with van der Waals surface area (Å²) in [6.07, 6.45) is 2.12. The molecular formula is C22H18ClFN8O3S. The van der Waals surface area contributed by atoms with Gasteiger partial charge in [-0.25, -0.2) is 20.6 Å². The summed E-state index contributed by atoms with van der Waals surface area (Å²) < 4.78 is 16.2. The Bertz CT molecular complexity index is 1580. The summed E-state index contributed by atoms with van der Waals surface area (Å²) in [5, 5.41) is 14.2. The molecule has 0 aliphatic carbocycles. The molecule has 1 aliphatic rings. The Morgan fingerprint density at radius 2 is 2.14 bits per heavy atom. The van der Waals surface area contributed by atoms with Crippen LogP contribution in [0.2, 0.25) is 5.02 Å². The van der Waals surface area contributed by atoms with Crippen molar-refractivity contribution in [2.24, 2.45) is 16.8 Å². The molecule has 0 fully saturated rings. The van der Waals surface area contributed by atoms with Crippen LogP contribution in [0.1, 0.15) is 33.8 Å². The number of carbonyl (C=O) groups is 1. The van der Waals surface area contributed by atoms with Crippen molar-refractivity contribution in [2.75, 3.05) is 5.01 Å². The third-order valence-electron chi connectivity index (χ3n) is 5.73. The Hall–Kier alpha value is -4.07. The summed E-state index contributed by atoms with van der Waals surface area (Å²) in [5.41, 5.74) is 0.988. The lowest BCUT2D eigenvalue weighted by Crippen LogP contribution is -2.30.